The molecule has 168 valence electrons. The zero-order chi connectivity index (χ0) is 23.3. The van der Waals surface area contributed by atoms with E-state index in [0.29, 0.717) is 39.4 Å². The third-order valence-electron chi connectivity index (χ3n) is 4.68. The molecule has 2 aromatic heterocycles. The van der Waals surface area contributed by atoms with Gasteiger partial charge in [0.2, 0.25) is 5.82 Å². The van der Waals surface area contributed by atoms with Gasteiger partial charge in [0.1, 0.15) is 5.58 Å². The van der Waals surface area contributed by atoms with Crippen molar-refractivity contribution in [1.29, 1.82) is 0 Å². The zero-order valence-electron chi connectivity index (χ0n) is 15.6. The molecule has 1 N–H and O–H groups in total. The molecule has 13 heteroatoms. The Bertz CT molecular complexity index is 1250. The summed E-state index contributed by atoms with van der Waals surface area (Å²) in [5.41, 5.74) is -2.00. The molecule has 2 aromatic carbocycles. The molecule has 0 spiro atoms. The highest BCUT2D eigenvalue weighted by Crippen LogP contribution is 2.43. The Balaban J connectivity index is 1.66. The first-order valence-electron chi connectivity index (χ1n) is 8.86. The summed E-state index contributed by atoms with van der Waals surface area (Å²) in [5, 5.41) is 14.3. The van der Waals surface area contributed by atoms with E-state index in [0.717, 1.165) is 0 Å². The van der Waals surface area contributed by atoms with E-state index in [1.165, 1.54) is 0 Å². The lowest BCUT2D eigenvalue weighted by atomic mass is 9.99. The minimum Gasteiger partial charge on any atom is -0.453 e. The Labute approximate surface area is 188 Å². The average Bonchev–Trinajstić information content (AvgIpc) is 3.34. The van der Waals surface area contributed by atoms with Crippen LogP contribution in [0.5, 0.6) is 0 Å². The van der Waals surface area contributed by atoms with Crippen LogP contribution in [0, 0.1) is 0 Å². The Hall–Kier alpha value is -2.60. The van der Waals surface area contributed by atoms with Gasteiger partial charge in [-0.25, -0.2) is 0 Å². The molecule has 0 saturated heterocycles. The Morgan fingerprint density at radius 2 is 1.59 bits per heavy atom. The van der Waals surface area contributed by atoms with Crippen molar-refractivity contribution in [3.05, 3.63) is 62.1 Å². The highest BCUT2D eigenvalue weighted by Gasteiger charge is 2.40. The number of halogens is 8. The number of aromatic amines is 1. The number of tetrazole rings is 1. The molecule has 0 saturated carbocycles. The number of H-pyrrole nitrogens is 1. The molecule has 0 aliphatic rings. The molecule has 5 nitrogen and oxygen atoms in total. The summed E-state index contributed by atoms with van der Waals surface area (Å²) < 4.78 is 84.2. The van der Waals surface area contributed by atoms with Crippen LogP contribution in [0.15, 0.2) is 39.2 Å². The summed E-state index contributed by atoms with van der Waals surface area (Å²) in [5.74, 6) is 0.535. The normalized spacial score (nSPS) is 12.6. The predicted octanol–water partition coefficient (Wildman–Crippen LogP) is 6.85. The summed E-state index contributed by atoms with van der Waals surface area (Å²) in [6.07, 6.45) is -9.93. The number of rotatable bonds is 4. The number of nitrogens with one attached hydrogen (secondary N) is 1. The molecule has 0 aliphatic heterocycles. The van der Waals surface area contributed by atoms with Crippen LogP contribution in [0.25, 0.3) is 22.6 Å². The molecular weight excluding hydrogens is 530 g/mol. The minimum atomic E-state index is -4.95. The van der Waals surface area contributed by atoms with E-state index < -0.39 is 28.0 Å². The van der Waals surface area contributed by atoms with Crippen molar-refractivity contribution in [3.63, 3.8) is 0 Å². The van der Waals surface area contributed by atoms with Crippen molar-refractivity contribution < 1.29 is 30.8 Å². The molecule has 0 bridgehead atoms. The van der Waals surface area contributed by atoms with E-state index in [2.05, 4.69) is 36.6 Å². The summed E-state index contributed by atoms with van der Waals surface area (Å²) in [7, 11) is 0. The second-order valence-electron chi connectivity index (χ2n) is 6.83. The quantitative estimate of drug-likeness (QED) is 0.288. The van der Waals surface area contributed by atoms with E-state index in [1.807, 2.05) is 0 Å². The van der Waals surface area contributed by atoms with Crippen molar-refractivity contribution in [2.75, 3.05) is 0 Å². The second kappa shape index (κ2) is 8.07. The molecule has 0 unspecified atom stereocenters. The van der Waals surface area contributed by atoms with E-state index in [-0.39, 0.29) is 24.2 Å². The number of hydrogen-bond acceptors (Lipinski definition) is 4. The average molecular weight is 540 g/mol. The third kappa shape index (κ3) is 4.46. The molecule has 0 aliphatic carbocycles. The molecule has 4 aromatic rings. The van der Waals surface area contributed by atoms with Crippen LogP contribution in [0.3, 0.4) is 0 Å². The SMILES string of the molecule is FC(F)(F)c1cc(CCc2cc3oc(-c4nn[nH]n4)cc3cc2Cl)cc(C(F)(F)F)c1Br. The monoisotopic (exact) mass is 538 g/mol. The lowest BCUT2D eigenvalue weighted by Crippen LogP contribution is -2.14. The van der Waals surface area contributed by atoms with Gasteiger partial charge < -0.3 is 4.42 Å². The van der Waals surface area contributed by atoms with Gasteiger partial charge in [0.15, 0.2) is 5.76 Å². The molecule has 32 heavy (non-hydrogen) atoms. The number of benzene rings is 2. The lowest BCUT2D eigenvalue weighted by Gasteiger charge is -2.17. The maximum absolute atomic E-state index is 13.3. The third-order valence-corrected chi connectivity index (χ3v) is 5.88. The maximum atomic E-state index is 13.3. The van der Waals surface area contributed by atoms with Crippen LogP contribution in [-0.2, 0) is 25.2 Å². The highest BCUT2D eigenvalue weighted by molar-refractivity contribution is 9.10. The van der Waals surface area contributed by atoms with Crippen LogP contribution < -0.4 is 0 Å². The van der Waals surface area contributed by atoms with Crippen molar-refractivity contribution in [2.45, 2.75) is 25.2 Å². The predicted molar refractivity (Wildman–Crippen MR) is 106 cm³/mol. The van der Waals surface area contributed by atoms with Crippen LogP contribution in [0.1, 0.15) is 22.3 Å². The molecule has 0 atom stereocenters. The van der Waals surface area contributed by atoms with Crippen LogP contribution in [0.4, 0.5) is 26.3 Å². The van der Waals surface area contributed by atoms with Gasteiger partial charge in [-0.2, -0.15) is 31.6 Å². The Kier molecular flexibility index (Phi) is 5.70. The fraction of sp³-hybridized carbons (Fsp3) is 0.211. The smallest absolute Gasteiger partial charge is 0.417 e. The number of alkyl halides is 6. The van der Waals surface area contributed by atoms with Crippen LogP contribution in [-0.4, -0.2) is 20.6 Å². The van der Waals surface area contributed by atoms with Gasteiger partial charge in [-0.05, 0) is 75.4 Å². The van der Waals surface area contributed by atoms with Gasteiger partial charge in [-0.1, -0.05) is 11.6 Å². The summed E-state index contributed by atoms with van der Waals surface area (Å²) in [4.78, 5) is 0. The van der Waals surface area contributed by atoms with Crippen molar-refractivity contribution in [2.24, 2.45) is 0 Å². The maximum Gasteiger partial charge on any atom is 0.417 e. The molecular formula is C19H10BrClF6N4O. The highest BCUT2D eigenvalue weighted by atomic mass is 79.9. The van der Waals surface area contributed by atoms with E-state index >= 15 is 0 Å². The van der Waals surface area contributed by atoms with Gasteiger partial charge in [0.05, 0.1) is 11.1 Å². The molecule has 4 rings (SSSR count). The number of furan rings is 1. The molecule has 0 radical (unpaired) electrons. The topological polar surface area (TPSA) is 67.6 Å². The summed E-state index contributed by atoms with van der Waals surface area (Å²) in [6, 6.07) is 6.20. The second-order valence-corrected chi connectivity index (χ2v) is 8.03. The van der Waals surface area contributed by atoms with Crippen molar-refractivity contribution in [1.82, 2.24) is 20.6 Å². The van der Waals surface area contributed by atoms with Crippen molar-refractivity contribution >= 4 is 38.5 Å². The zero-order valence-corrected chi connectivity index (χ0v) is 17.9. The fourth-order valence-corrected chi connectivity index (χ4v) is 4.13. The van der Waals surface area contributed by atoms with E-state index in [4.69, 9.17) is 16.0 Å². The Morgan fingerprint density at radius 3 is 2.16 bits per heavy atom. The fourth-order valence-electron chi connectivity index (χ4n) is 3.19. The Morgan fingerprint density at radius 1 is 0.938 bits per heavy atom. The molecule has 2 heterocycles. The van der Waals surface area contributed by atoms with Gasteiger partial charge in [0, 0.05) is 14.9 Å². The number of aromatic nitrogens is 4. The van der Waals surface area contributed by atoms with Gasteiger partial charge in [-0.3, -0.25) is 0 Å². The number of fused-ring (bicyclic) bond motifs is 1. The molecule has 0 fully saturated rings. The van der Waals surface area contributed by atoms with Crippen LogP contribution >= 0.6 is 27.5 Å². The summed E-state index contributed by atoms with van der Waals surface area (Å²) >= 11 is 8.73. The van der Waals surface area contributed by atoms with E-state index in [9.17, 15) is 26.3 Å². The van der Waals surface area contributed by atoms with Gasteiger partial charge in [0.25, 0.3) is 0 Å². The molecule has 0 amide bonds. The van der Waals surface area contributed by atoms with Gasteiger partial charge >= 0.3 is 12.4 Å². The van der Waals surface area contributed by atoms with E-state index in [1.54, 1.807) is 18.2 Å². The first-order chi connectivity index (χ1) is 14.9. The lowest BCUT2D eigenvalue weighted by molar-refractivity contribution is -0.144. The van der Waals surface area contributed by atoms with Gasteiger partial charge in [-0.15, -0.1) is 10.2 Å². The largest absolute Gasteiger partial charge is 0.453 e. The number of aryl methyl sites for hydroxylation is 2. The van der Waals surface area contributed by atoms with Crippen LogP contribution in [0.2, 0.25) is 5.02 Å². The van der Waals surface area contributed by atoms with Crippen molar-refractivity contribution in [3.8, 4) is 11.6 Å². The summed E-state index contributed by atoms with van der Waals surface area (Å²) in [6.45, 7) is 0. The first kappa shape index (κ1) is 22.6. The number of nitrogens with zero attached hydrogens (tertiary/aromatic N) is 3. The minimum absolute atomic E-state index is 0.0866. The number of hydrogen-bond donors (Lipinski definition) is 1. The first-order valence-corrected chi connectivity index (χ1v) is 10.0. The standard InChI is InChI=1S/C19H10BrClF6N4O/c20-16-11(18(22,23)24)3-8(4-12(16)19(25,26)27)1-2-9-6-14-10(5-13(9)21)7-15(32-14)17-28-30-31-29-17/h3-7H,1-2H2,(H,28,29,30,31).